The smallest absolute Gasteiger partial charge is 0.262 e. The summed E-state index contributed by atoms with van der Waals surface area (Å²) in [7, 11) is 1.54. The number of ether oxygens (including phenoxy) is 2. The number of anilines is 1. The van der Waals surface area contributed by atoms with E-state index in [4.69, 9.17) is 9.47 Å². The van der Waals surface area contributed by atoms with E-state index in [-0.39, 0.29) is 12.5 Å². The Kier molecular flexibility index (Phi) is 4.55. The van der Waals surface area contributed by atoms with Crippen molar-refractivity contribution in [2.24, 2.45) is 0 Å². The monoisotopic (exact) mass is 272 g/mol. The molecule has 1 N–H and O–H groups in total. The number of hydrogen-bond donors (Lipinski definition) is 1. The van der Waals surface area contributed by atoms with Crippen LogP contribution in [0.1, 0.15) is 5.56 Å². The number of aromatic nitrogens is 1. The number of rotatable bonds is 5. The topological polar surface area (TPSA) is 60.5 Å². The van der Waals surface area contributed by atoms with Gasteiger partial charge in [0.05, 0.1) is 19.0 Å². The average Bonchev–Trinajstić information content (AvgIpc) is 2.47. The summed E-state index contributed by atoms with van der Waals surface area (Å²) in [5, 5.41) is 2.70. The molecule has 0 saturated heterocycles. The summed E-state index contributed by atoms with van der Waals surface area (Å²) in [6.07, 6.45) is 1.53. The van der Waals surface area contributed by atoms with Gasteiger partial charge in [0, 0.05) is 6.07 Å². The lowest BCUT2D eigenvalue weighted by molar-refractivity contribution is -0.118. The van der Waals surface area contributed by atoms with Gasteiger partial charge in [-0.15, -0.1) is 0 Å². The van der Waals surface area contributed by atoms with E-state index in [1.54, 1.807) is 12.1 Å². The second-order valence-corrected chi connectivity index (χ2v) is 4.19. The normalized spacial score (nSPS) is 9.90. The highest BCUT2D eigenvalue weighted by Crippen LogP contribution is 2.16. The fourth-order valence-electron chi connectivity index (χ4n) is 1.63. The second-order valence-electron chi connectivity index (χ2n) is 4.19. The third-order valence-corrected chi connectivity index (χ3v) is 2.68. The maximum absolute atomic E-state index is 11.8. The molecule has 0 spiro atoms. The number of methoxy groups -OCH3 is 1. The molecule has 0 aliphatic carbocycles. The van der Waals surface area contributed by atoms with Crippen LogP contribution < -0.4 is 14.8 Å². The van der Waals surface area contributed by atoms with Crippen LogP contribution in [0.2, 0.25) is 0 Å². The van der Waals surface area contributed by atoms with E-state index < -0.39 is 0 Å². The average molecular weight is 272 g/mol. The summed E-state index contributed by atoms with van der Waals surface area (Å²) in [5.74, 6) is 0.967. The molecule has 0 aliphatic rings. The maximum atomic E-state index is 11.8. The Labute approximate surface area is 117 Å². The lowest BCUT2D eigenvalue weighted by Gasteiger charge is -2.09. The minimum absolute atomic E-state index is 0.0448. The molecular weight excluding hydrogens is 256 g/mol. The number of benzene rings is 1. The fourth-order valence-corrected chi connectivity index (χ4v) is 1.63. The predicted molar refractivity (Wildman–Crippen MR) is 76.1 cm³/mol. The standard InChI is InChI=1S/C15H16N2O3/c1-11-5-3-4-6-13(11)20-10-14(18)17-12-7-8-15(19-2)16-9-12/h3-9H,10H2,1-2H3,(H,17,18). The van der Waals surface area contributed by atoms with E-state index >= 15 is 0 Å². The van der Waals surface area contributed by atoms with Gasteiger partial charge in [0.15, 0.2) is 6.61 Å². The quantitative estimate of drug-likeness (QED) is 0.908. The molecule has 2 aromatic rings. The maximum Gasteiger partial charge on any atom is 0.262 e. The van der Waals surface area contributed by atoms with Crippen LogP contribution in [0.4, 0.5) is 5.69 Å². The zero-order valence-corrected chi connectivity index (χ0v) is 11.4. The number of nitrogens with zero attached hydrogens (tertiary/aromatic N) is 1. The lowest BCUT2D eigenvalue weighted by atomic mass is 10.2. The number of para-hydroxylation sites is 1. The Balaban J connectivity index is 1.87. The Bertz CT molecular complexity index is 582. The zero-order chi connectivity index (χ0) is 14.4. The SMILES string of the molecule is COc1ccc(NC(=O)COc2ccccc2C)cn1. The number of hydrogen-bond acceptors (Lipinski definition) is 4. The summed E-state index contributed by atoms with van der Waals surface area (Å²) < 4.78 is 10.4. The van der Waals surface area contributed by atoms with Gasteiger partial charge in [-0.25, -0.2) is 4.98 Å². The molecule has 0 saturated carbocycles. The molecule has 0 radical (unpaired) electrons. The van der Waals surface area contributed by atoms with E-state index in [2.05, 4.69) is 10.3 Å². The van der Waals surface area contributed by atoms with E-state index in [0.717, 1.165) is 5.56 Å². The minimum atomic E-state index is -0.236. The highest BCUT2D eigenvalue weighted by molar-refractivity contribution is 5.91. The Morgan fingerprint density at radius 3 is 2.70 bits per heavy atom. The molecule has 0 bridgehead atoms. The minimum Gasteiger partial charge on any atom is -0.483 e. The Morgan fingerprint density at radius 1 is 1.25 bits per heavy atom. The first kappa shape index (κ1) is 13.9. The molecular formula is C15H16N2O3. The molecule has 5 heteroatoms. The van der Waals surface area contributed by atoms with Gasteiger partial charge < -0.3 is 14.8 Å². The fraction of sp³-hybridized carbons (Fsp3) is 0.200. The number of pyridine rings is 1. The molecule has 20 heavy (non-hydrogen) atoms. The first-order chi connectivity index (χ1) is 9.69. The molecule has 0 fully saturated rings. The lowest BCUT2D eigenvalue weighted by Crippen LogP contribution is -2.20. The van der Waals surface area contributed by atoms with Crippen molar-refractivity contribution in [1.29, 1.82) is 0 Å². The highest BCUT2D eigenvalue weighted by Gasteiger charge is 2.05. The van der Waals surface area contributed by atoms with Crippen molar-refractivity contribution in [3.05, 3.63) is 48.2 Å². The predicted octanol–water partition coefficient (Wildman–Crippen LogP) is 2.42. The zero-order valence-electron chi connectivity index (χ0n) is 11.4. The van der Waals surface area contributed by atoms with Crippen molar-refractivity contribution in [2.75, 3.05) is 19.0 Å². The van der Waals surface area contributed by atoms with Crippen molar-refractivity contribution < 1.29 is 14.3 Å². The van der Waals surface area contributed by atoms with Crippen LogP contribution in [0, 0.1) is 6.92 Å². The van der Waals surface area contributed by atoms with Crippen molar-refractivity contribution in [1.82, 2.24) is 4.98 Å². The van der Waals surface area contributed by atoms with Gasteiger partial charge >= 0.3 is 0 Å². The van der Waals surface area contributed by atoms with Crippen molar-refractivity contribution in [3.8, 4) is 11.6 Å². The van der Waals surface area contributed by atoms with Crippen LogP contribution in [0.15, 0.2) is 42.6 Å². The summed E-state index contributed by atoms with van der Waals surface area (Å²) >= 11 is 0. The van der Waals surface area contributed by atoms with Gasteiger partial charge in [-0.3, -0.25) is 4.79 Å². The molecule has 1 heterocycles. The molecule has 1 amide bonds. The highest BCUT2D eigenvalue weighted by atomic mass is 16.5. The van der Waals surface area contributed by atoms with E-state index in [1.165, 1.54) is 13.3 Å². The molecule has 0 aliphatic heterocycles. The van der Waals surface area contributed by atoms with Gasteiger partial charge in [0.2, 0.25) is 5.88 Å². The van der Waals surface area contributed by atoms with Gasteiger partial charge in [-0.2, -0.15) is 0 Å². The van der Waals surface area contributed by atoms with E-state index in [9.17, 15) is 4.79 Å². The molecule has 1 aromatic heterocycles. The Morgan fingerprint density at radius 2 is 2.05 bits per heavy atom. The van der Waals surface area contributed by atoms with Crippen LogP contribution in [0.3, 0.4) is 0 Å². The molecule has 1 aromatic carbocycles. The summed E-state index contributed by atoms with van der Waals surface area (Å²) in [6, 6.07) is 11.0. The van der Waals surface area contributed by atoms with E-state index in [0.29, 0.717) is 17.3 Å². The van der Waals surface area contributed by atoms with Gasteiger partial charge in [-0.1, -0.05) is 18.2 Å². The molecule has 104 valence electrons. The van der Waals surface area contributed by atoms with Crippen LogP contribution in [-0.4, -0.2) is 24.6 Å². The van der Waals surface area contributed by atoms with Crippen molar-refractivity contribution >= 4 is 11.6 Å². The first-order valence-corrected chi connectivity index (χ1v) is 6.17. The number of carbonyl (C=O) groups excluding carboxylic acids is 1. The molecule has 0 atom stereocenters. The van der Waals surface area contributed by atoms with Crippen molar-refractivity contribution in [2.45, 2.75) is 6.92 Å². The number of amides is 1. The largest absolute Gasteiger partial charge is 0.483 e. The van der Waals surface area contributed by atoms with Crippen LogP contribution in [0.25, 0.3) is 0 Å². The summed E-state index contributed by atoms with van der Waals surface area (Å²) in [6.45, 7) is 1.89. The van der Waals surface area contributed by atoms with Gasteiger partial charge in [0.1, 0.15) is 5.75 Å². The number of carbonyl (C=O) groups is 1. The van der Waals surface area contributed by atoms with Crippen LogP contribution in [0.5, 0.6) is 11.6 Å². The third kappa shape index (κ3) is 3.71. The van der Waals surface area contributed by atoms with Gasteiger partial charge in [0.25, 0.3) is 5.91 Å². The number of aryl methyl sites for hydroxylation is 1. The van der Waals surface area contributed by atoms with Gasteiger partial charge in [-0.05, 0) is 24.6 Å². The summed E-state index contributed by atoms with van der Waals surface area (Å²) in [4.78, 5) is 15.8. The molecule has 2 rings (SSSR count). The Hall–Kier alpha value is -2.56. The number of nitrogens with one attached hydrogen (secondary N) is 1. The van der Waals surface area contributed by atoms with Crippen LogP contribution in [-0.2, 0) is 4.79 Å². The van der Waals surface area contributed by atoms with E-state index in [1.807, 2.05) is 31.2 Å². The summed E-state index contributed by atoms with van der Waals surface area (Å²) in [5.41, 5.74) is 1.59. The molecule has 5 nitrogen and oxygen atoms in total. The third-order valence-electron chi connectivity index (χ3n) is 2.68. The van der Waals surface area contributed by atoms with Crippen molar-refractivity contribution in [3.63, 3.8) is 0 Å². The molecule has 0 unspecified atom stereocenters. The first-order valence-electron chi connectivity index (χ1n) is 6.17. The van der Waals surface area contributed by atoms with Crippen LogP contribution >= 0.6 is 0 Å². The second kappa shape index (κ2) is 6.56.